The summed E-state index contributed by atoms with van der Waals surface area (Å²) < 4.78 is 10.6. The summed E-state index contributed by atoms with van der Waals surface area (Å²) in [7, 11) is 0. The zero-order chi connectivity index (χ0) is 13.0. The van der Waals surface area contributed by atoms with Crippen LogP contribution < -0.4 is 0 Å². The van der Waals surface area contributed by atoms with Crippen molar-refractivity contribution in [2.75, 3.05) is 0 Å². The molecular weight excluding hydrogens is 252 g/mol. The van der Waals surface area contributed by atoms with Crippen molar-refractivity contribution in [2.45, 2.75) is 19.6 Å². The smallest absolute Gasteiger partial charge is 0.191 e. The molecule has 3 nitrogen and oxygen atoms in total. The Hall–Kier alpha value is -1.58. The number of benzene rings is 1. The molecule has 0 fully saturated rings. The fourth-order valence-corrected chi connectivity index (χ4v) is 1.65. The van der Waals surface area contributed by atoms with Gasteiger partial charge in [-0.1, -0.05) is 11.6 Å². The van der Waals surface area contributed by atoms with Crippen molar-refractivity contribution < 1.29 is 13.9 Å². The van der Waals surface area contributed by atoms with E-state index in [9.17, 15) is 4.79 Å². The Morgan fingerprint density at radius 1 is 1.33 bits per heavy atom. The summed E-state index contributed by atoms with van der Waals surface area (Å²) >= 11 is 5.77. The molecule has 0 bridgehead atoms. The predicted molar refractivity (Wildman–Crippen MR) is 68.7 cm³/mol. The molecule has 1 unspecified atom stereocenters. The van der Waals surface area contributed by atoms with Crippen LogP contribution in [0.2, 0.25) is 5.02 Å². The van der Waals surface area contributed by atoms with E-state index in [1.54, 1.807) is 49.6 Å². The zero-order valence-corrected chi connectivity index (χ0v) is 10.7. The highest BCUT2D eigenvalue weighted by atomic mass is 35.5. The van der Waals surface area contributed by atoms with Crippen molar-refractivity contribution in [2.24, 2.45) is 0 Å². The van der Waals surface area contributed by atoms with Crippen LogP contribution in [0.25, 0.3) is 0 Å². The molecule has 1 heterocycles. The fraction of sp³-hybridized carbons (Fsp3) is 0.214. The normalized spacial score (nSPS) is 12.3. The molecule has 0 aliphatic rings. The van der Waals surface area contributed by atoms with E-state index >= 15 is 0 Å². The maximum Gasteiger partial charge on any atom is 0.191 e. The van der Waals surface area contributed by atoms with Gasteiger partial charge in [0.2, 0.25) is 0 Å². The van der Waals surface area contributed by atoms with Crippen LogP contribution in [0.5, 0.6) is 0 Å². The van der Waals surface area contributed by atoms with E-state index in [0.29, 0.717) is 16.3 Å². The van der Waals surface area contributed by atoms with Gasteiger partial charge in [-0.25, -0.2) is 0 Å². The molecule has 0 N–H and O–H groups in total. The molecule has 0 saturated heterocycles. The number of ketones is 1. The summed E-state index contributed by atoms with van der Waals surface area (Å²) in [5.41, 5.74) is 0.589. The van der Waals surface area contributed by atoms with Gasteiger partial charge in [0.15, 0.2) is 5.78 Å². The first-order valence-corrected chi connectivity index (χ1v) is 5.98. The van der Waals surface area contributed by atoms with Crippen molar-refractivity contribution in [3.63, 3.8) is 0 Å². The Morgan fingerprint density at radius 2 is 2.06 bits per heavy atom. The lowest BCUT2D eigenvalue weighted by atomic mass is 10.1. The van der Waals surface area contributed by atoms with Crippen LogP contribution in [0.1, 0.15) is 23.0 Å². The molecule has 0 aliphatic carbocycles. The second kappa shape index (κ2) is 5.85. The van der Waals surface area contributed by atoms with E-state index in [-0.39, 0.29) is 12.4 Å². The van der Waals surface area contributed by atoms with E-state index in [2.05, 4.69) is 0 Å². The molecule has 2 rings (SSSR count). The largest absolute Gasteiger partial charge is 0.467 e. The van der Waals surface area contributed by atoms with Gasteiger partial charge in [0.05, 0.1) is 6.26 Å². The minimum absolute atomic E-state index is 0.0711. The van der Waals surface area contributed by atoms with Crippen LogP contribution in [-0.4, -0.2) is 11.9 Å². The van der Waals surface area contributed by atoms with E-state index in [0.717, 1.165) is 0 Å². The van der Waals surface area contributed by atoms with Gasteiger partial charge in [0.1, 0.15) is 18.5 Å². The minimum atomic E-state index is -0.517. The van der Waals surface area contributed by atoms with E-state index in [1.807, 2.05) is 0 Å². The van der Waals surface area contributed by atoms with Crippen molar-refractivity contribution in [1.82, 2.24) is 0 Å². The fourth-order valence-electron chi connectivity index (χ4n) is 1.53. The third kappa shape index (κ3) is 3.22. The van der Waals surface area contributed by atoms with Crippen molar-refractivity contribution in [1.29, 1.82) is 0 Å². The average molecular weight is 265 g/mol. The molecule has 0 saturated carbocycles. The lowest BCUT2D eigenvalue weighted by Gasteiger charge is -2.11. The molecule has 94 valence electrons. The van der Waals surface area contributed by atoms with Crippen LogP contribution in [0.4, 0.5) is 0 Å². The first-order chi connectivity index (χ1) is 8.66. The van der Waals surface area contributed by atoms with Crippen molar-refractivity contribution in [3.8, 4) is 0 Å². The number of furan rings is 1. The molecule has 1 aromatic heterocycles. The number of carbonyl (C=O) groups excluding carboxylic acids is 1. The summed E-state index contributed by atoms with van der Waals surface area (Å²) in [4.78, 5) is 12.0. The maximum atomic E-state index is 12.0. The third-order valence-electron chi connectivity index (χ3n) is 2.55. The van der Waals surface area contributed by atoms with Crippen molar-refractivity contribution in [3.05, 3.63) is 59.0 Å². The molecule has 2 aromatic rings. The monoisotopic (exact) mass is 264 g/mol. The first kappa shape index (κ1) is 12.9. The SMILES string of the molecule is CC(OCc1ccco1)C(=O)c1ccc(Cl)cc1. The Kier molecular flexibility index (Phi) is 4.18. The van der Waals surface area contributed by atoms with Gasteiger partial charge in [-0.2, -0.15) is 0 Å². The van der Waals surface area contributed by atoms with Crippen molar-refractivity contribution >= 4 is 17.4 Å². The molecule has 18 heavy (non-hydrogen) atoms. The topological polar surface area (TPSA) is 39.4 Å². The molecular formula is C14H13ClO3. The van der Waals surface area contributed by atoms with Gasteiger partial charge < -0.3 is 9.15 Å². The molecule has 4 heteroatoms. The van der Waals surface area contributed by atoms with Gasteiger partial charge in [0, 0.05) is 10.6 Å². The number of carbonyl (C=O) groups is 1. The summed E-state index contributed by atoms with van der Waals surface area (Å²) in [5, 5.41) is 0.607. The average Bonchev–Trinajstić information content (AvgIpc) is 2.89. The molecule has 1 atom stereocenters. The van der Waals surface area contributed by atoms with Crippen LogP contribution in [0.15, 0.2) is 47.1 Å². The van der Waals surface area contributed by atoms with Gasteiger partial charge in [-0.05, 0) is 43.3 Å². The van der Waals surface area contributed by atoms with Crippen LogP contribution in [-0.2, 0) is 11.3 Å². The lowest BCUT2D eigenvalue weighted by molar-refractivity contribution is 0.0357. The second-order valence-corrected chi connectivity index (χ2v) is 4.34. The number of hydrogen-bond donors (Lipinski definition) is 0. The van der Waals surface area contributed by atoms with E-state index in [1.165, 1.54) is 0 Å². The predicted octanol–water partition coefficient (Wildman–Crippen LogP) is 3.72. The summed E-state index contributed by atoms with van der Waals surface area (Å²) in [6.07, 6.45) is 1.06. The highest BCUT2D eigenvalue weighted by Crippen LogP contribution is 2.13. The number of hydrogen-bond acceptors (Lipinski definition) is 3. The maximum absolute atomic E-state index is 12.0. The molecule has 0 radical (unpaired) electrons. The van der Waals surface area contributed by atoms with Gasteiger partial charge in [0.25, 0.3) is 0 Å². The standard InChI is InChI=1S/C14H13ClO3/c1-10(18-9-13-3-2-8-17-13)14(16)11-4-6-12(15)7-5-11/h2-8,10H,9H2,1H3. The van der Waals surface area contributed by atoms with E-state index < -0.39 is 6.10 Å². The van der Waals surface area contributed by atoms with Crippen LogP contribution >= 0.6 is 11.6 Å². The number of rotatable bonds is 5. The van der Waals surface area contributed by atoms with Gasteiger partial charge in [-0.3, -0.25) is 4.79 Å². The molecule has 0 aliphatic heterocycles. The van der Waals surface area contributed by atoms with E-state index in [4.69, 9.17) is 20.8 Å². The minimum Gasteiger partial charge on any atom is -0.467 e. The van der Waals surface area contributed by atoms with Crippen LogP contribution in [0, 0.1) is 0 Å². The highest BCUT2D eigenvalue weighted by molar-refractivity contribution is 6.30. The number of halogens is 1. The third-order valence-corrected chi connectivity index (χ3v) is 2.81. The Labute approximate surface area is 110 Å². The molecule has 0 spiro atoms. The quantitative estimate of drug-likeness (QED) is 0.773. The summed E-state index contributed by atoms with van der Waals surface area (Å²) in [6, 6.07) is 10.3. The first-order valence-electron chi connectivity index (χ1n) is 5.60. The number of Topliss-reactive ketones (excluding diaryl/α,β-unsaturated/α-hetero) is 1. The molecule has 0 amide bonds. The van der Waals surface area contributed by atoms with Crippen LogP contribution in [0.3, 0.4) is 0 Å². The second-order valence-electron chi connectivity index (χ2n) is 3.90. The summed E-state index contributed by atoms with van der Waals surface area (Å²) in [6.45, 7) is 2.01. The zero-order valence-electron chi connectivity index (χ0n) is 9.93. The summed E-state index contributed by atoms with van der Waals surface area (Å²) in [5.74, 6) is 0.629. The number of ether oxygens (including phenoxy) is 1. The Morgan fingerprint density at radius 3 is 2.67 bits per heavy atom. The highest BCUT2D eigenvalue weighted by Gasteiger charge is 2.16. The Balaban J connectivity index is 1.94. The van der Waals surface area contributed by atoms with Gasteiger partial charge >= 0.3 is 0 Å². The van der Waals surface area contributed by atoms with Gasteiger partial charge in [-0.15, -0.1) is 0 Å². The molecule has 1 aromatic carbocycles. The Bertz CT molecular complexity index is 502. The lowest BCUT2D eigenvalue weighted by Crippen LogP contribution is -2.20.